The minimum Gasteiger partial charge on any atom is -0.456 e. The standard InChI is InChI=1S/C55H34N4O/c1-3-15-36(16-4-1)53-56-54(37-17-5-2-6-18-37)58-55(57-53)45-32-31-44(40-19-7-8-20-41(40)45)51-39(33-34-50-52(51)46-23-11-14-26-49(46)60-50)35-27-29-38(30-28-35)59-47-24-12-9-21-42(47)43-22-10-13-25-48(43)59/h1-34H. The van der Waals surface area contributed by atoms with Gasteiger partial charge in [0.05, 0.1) is 11.0 Å². The summed E-state index contributed by atoms with van der Waals surface area (Å²) in [4.78, 5) is 15.2. The Bertz CT molecular complexity index is 3480. The molecule has 0 amide bonds. The van der Waals surface area contributed by atoms with E-state index >= 15 is 0 Å². The molecule has 60 heavy (non-hydrogen) atoms. The largest absolute Gasteiger partial charge is 0.456 e. The Morgan fingerprint density at radius 3 is 1.43 bits per heavy atom. The second kappa shape index (κ2) is 13.8. The summed E-state index contributed by atoms with van der Waals surface area (Å²) in [6.07, 6.45) is 0. The van der Waals surface area contributed by atoms with Crippen LogP contribution in [0, 0.1) is 0 Å². The fraction of sp³-hybridized carbons (Fsp3) is 0. The van der Waals surface area contributed by atoms with Gasteiger partial charge in [-0.15, -0.1) is 0 Å². The molecule has 280 valence electrons. The van der Waals surface area contributed by atoms with Gasteiger partial charge in [0, 0.05) is 49.5 Å². The number of hydrogen-bond donors (Lipinski definition) is 0. The Morgan fingerprint density at radius 1 is 0.317 bits per heavy atom. The highest BCUT2D eigenvalue weighted by Crippen LogP contribution is 2.46. The molecule has 0 aliphatic heterocycles. The third kappa shape index (κ3) is 5.44. The molecule has 3 heterocycles. The predicted octanol–water partition coefficient (Wildman–Crippen LogP) is 14.4. The lowest BCUT2D eigenvalue weighted by molar-refractivity contribution is 0.669. The van der Waals surface area contributed by atoms with E-state index in [0.717, 1.165) is 77.3 Å². The van der Waals surface area contributed by atoms with Crippen molar-refractivity contribution < 1.29 is 4.42 Å². The Kier molecular flexibility index (Phi) is 7.78. The van der Waals surface area contributed by atoms with E-state index < -0.39 is 0 Å². The molecule has 0 radical (unpaired) electrons. The lowest BCUT2D eigenvalue weighted by Gasteiger charge is -2.17. The molecule has 3 aromatic heterocycles. The van der Waals surface area contributed by atoms with Gasteiger partial charge in [-0.1, -0.05) is 164 Å². The average molecular weight is 767 g/mol. The number of fused-ring (bicyclic) bond motifs is 7. The van der Waals surface area contributed by atoms with Crippen molar-refractivity contribution in [1.82, 2.24) is 19.5 Å². The molecular weight excluding hydrogens is 733 g/mol. The zero-order valence-electron chi connectivity index (χ0n) is 32.3. The second-order valence-electron chi connectivity index (χ2n) is 15.1. The molecule has 0 aliphatic rings. The number of rotatable bonds is 6. The molecule has 12 aromatic rings. The first kappa shape index (κ1) is 33.9. The molecule has 5 heteroatoms. The van der Waals surface area contributed by atoms with Crippen LogP contribution in [0.3, 0.4) is 0 Å². The van der Waals surface area contributed by atoms with Gasteiger partial charge < -0.3 is 8.98 Å². The number of nitrogens with zero attached hydrogens (tertiary/aromatic N) is 4. The molecule has 0 bridgehead atoms. The smallest absolute Gasteiger partial charge is 0.164 e. The van der Waals surface area contributed by atoms with Crippen molar-refractivity contribution >= 4 is 54.5 Å². The third-order valence-electron chi connectivity index (χ3n) is 11.7. The van der Waals surface area contributed by atoms with Crippen LogP contribution in [-0.2, 0) is 0 Å². The zero-order chi connectivity index (χ0) is 39.6. The second-order valence-corrected chi connectivity index (χ2v) is 15.1. The van der Waals surface area contributed by atoms with E-state index in [-0.39, 0.29) is 0 Å². The number of furan rings is 1. The van der Waals surface area contributed by atoms with Crippen molar-refractivity contribution in [3.8, 4) is 62.1 Å². The maximum absolute atomic E-state index is 6.54. The molecule has 0 saturated heterocycles. The summed E-state index contributed by atoms with van der Waals surface area (Å²) in [5, 5.41) is 6.81. The van der Waals surface area contributed by atoms with Gasteiger partial charge in [-0.25, -0.2) is 15.0 Å². The van der Waals surface area contributed by atoms with Gasteiger partial charge in [0.1, 0.15) is 11.2 Å². The van der Waals surface area contributed by atoms with Crippen LogP contribution in [0.4, 0.5) is 0 Å². The number of para-hydroxylation sites is 3. The Balaban J connectivity index is 1.07. The van der Waals surface area contributed by atoms with E-state index in [1.54, 1.807) is 0 Å². The molecule has 0 fully saturated rings. The van der Waals surface area contributed by atoms with Crippen molar-refractivity contribution in [1.29, 1.82) is 0 Å². The van der Waals surface area contributed by atoms with Crippen LogP contribution in [0.25, 0.3) is 117 Å². The lowest BCUT2D eigenvalue weighted by Crippen LogP contribution is -2.00. The fourth-order valence-electron chi connectivity index (χ4n) is 8.97. The summed E-state index contributed by atoms with van der Waals surface area (Å²) in [6, 6.07) is 72.2. The minimum atomic E-state index is 0.623. The molecule has 0 N–H and O–H groups in total. The molecule has 0 spiro atoms. The molecule has 0 unspecified atom stereocenters. The van der Waals surface area contributed by atoms with E-state index in [1.165, 1.54) is 21.8 Å². The van der Waals surface area contributed by atoms with Crippen molar-refractivity contribution in [2.75, 3.05) is 0 Å². The Labute approximate surface area is 345 Å². The molecular formula is C55H34N4O. The summed E-state index contributed by atoms with van der Waals surface area (Å²) in [7, 11) is 0. The fourth-order valence-corrected chi connectivity index (χ4v) is 8.97. The van der Waals surface area contributed by atoms with Crippen LogP contribution < -0.4 is 0 Å². The summed E-state index contributed by atoms with van der Waals surface area (Å²) < 4.78 is 8.90. The summed E-state index contributed by atoms with van der Waals surface area (Å²) in [6.45, 7) is 0. The first-order valence-corrected chi connectivity index (χ1v) is 20.2. The highest BCUT2D eigenvalue weighted by molar-refractivity contribution is 6.20. The molecule has 5 nitrogen and oxygen atoms in total. The highest BCUT2D eigenvalue weighted by atomic mass is 16.3. The van der Waals surface area contributed by atoms with Gasteiger partial charge >= 0.3 is 0 Å². The summed E-state index contributed by atoms with van der Waals surface area (Å²) in [5.74, 6) is 1.89. The molecule has 0 aliphatic carbocycles. The minimum absolute atomic E-state index is 0.623. The van der Waals surface area contributed by atoms with E-state index in [0.29, 0.717) is 17.5 Å². The Hall–Kier alpha value is -8.15. The topological polar surface area (TPSA) is 56.7 Å². The van der Waals surface area contributed by atoms with Crippen LogP contribution in [0.1, 0.15) is 0 Å². The first-order chi connectivity index (χ1) is 29.8. The molecule has 0 atom stereocenters. The van der Waals surface area contributed by atoms with Gasteiger partial charge in [0.15, 0.2) is 17.5 Å². The lowest BCUT2D eigenvalue weighted by atomic mass is 9.87. The van der Waals surface area contributed by atoms with E-state index in [2.05, 4.69) is 144 Å². The van der Waals surface area contributed by atoms with Crippen LogP contribution in [0.15, 0.2) is 211 Å². The summed E-state index contributed by atoms with van der Waals surface area (Å²) in [5.41, 5.74) is 12.5. The van der Waals surface area contributed by atoms with Crippen molar-refractivity contribution in [3.63, 3.8) is 0 Å². The van der Waals surface area contributed by atoms with E-state index in [4.69, 9.17) is 19.4 Å². The zero-order valence-corrected chi connectivity index (χ0v) is 32.3. The van der Waals surface area contributed by atoms with Crippen molar-refractivity contribution in [3.05, 3.63) is 206 Å². The van der Waals surface area contributed by atoms with Crippen molar-refractivity contribution in [2.45, 2.75) is 0 Å². The van der Waals surface area contributed by atoms with Crippen LogP contribution in [-0.4, -0.2) is 19.5 Å². The molecule has 12 rings (SSSR count). The van der Waals surface area contributed by atoms with Crippen LogP contribution >= 0.6 is 0 Å². The quantitative estimate of drug-likeness (QED) is 0.169. The summed E-state index contributed by atoms with van der Waals surface area (Å²) >= 11 is 0. The van der Waals surface area contributed by atoms with Gasteiger partial charge in [-0.2, -0.15) is 0 Å². The predicted molar refractivity (Wildman–Crippen MR) is 246 cm³/mol. The van der Waals surface area contributed by atoms with Gasteiger partial charge in [-0.05, 0) is 69.9 Å². The number of aromatic nitrogens is 4. The third-order valence-corrected chi connectivity index (χ3v) is 11.7. The SMILES string of the molecule is c1ccc(-c2nc(-c3ccccc3)nc(-c3ccc(-c4c(-c5ccc(-n6c7ccccc7c7ccccc76)cc5)ccc5oc6ccccc6c45)c4ccccc34)n2)cc1. The number of benzene rings is 9. The monoisotopic (exact) mass is 766 g/mol. The van der Waals surface area contributed by atoms with Gasteiger partial charge in [0.2, 0.25) is 0 Å². The molecule has 9 aromatic carbocycles. The van der Waals surface area contributed by atoms with Gasteiger partial charge in [0.25, 0.3) is 0 Å². The first-order valence-electron chi connectivity index (χ1n) is 20.2. The maximum atomic E-state index is 6.54. The average Bonchev–Trinajstić information content (AvgIpc) is 3.87. The maximum Gasteiger partial charge on any atom is 0.164 e. The van der Waals surface area contributed by atoms with E-state index in [1.807, 2.05) is 66.7 Å². The van der Waals surface area contributed by atoms with Crippen LogP contribution in [0.2, 0.25) is 0 Å². The normalized spacial score (nSPS) is 11.7. The van der Waals surface area contributed by atoms with Crippen molar-refractivity contribution in [2.24, 2.45) is 0 Å². The Morgan fingerprint density at radius 2 is 0.800 bits per heavy atom. The van der Waals surface area contributed by atoms with Crippen LogP contribution in [0.5, 0.6) is 0 Å². The number of hydrogen-bond acceptors (Lipinski definition) is 4. The highest BCUT2D eigenvalue weighted by Gasteiger charge is 2.22. The molecule has 0 saturated carbocycles. The van der Waals surface area contributed by atoms with E-state index in [9.17, 15) is 0 Å². The van der Waals surface area contributed by atoms with Gasteiger partial charge in [-0.3, -0.25) is 0 Å².